The van der Waals surface area contributed by atoms with Crippen LogP contribution in [0.4, 0.5) is 4.39 Å². The Labute approximate surface area is 197 Å². The SMILES string of the molecule is Cn1c(-c2ccc(S(C)=O)cc2)nc2ccc(C3CCN(C4CCCNCC4)CC3)c(F)c21. The van der Waals surface area contributed by atoms with Gasteiger partial charge in [-0.1, -0.05) is 18.2 Å². The van der Waals surface area contributed by atoms with Crippen LogP contribution >= 0.6 is 0 Å². The molecule has 3 aromatic rings. The lowest BCUT2D eigenvalue weighted by Crippen LogP contribution is -2.41. The Morgan fingerprint density at radius 3 is 2.52 bits per heavy atom. The number of hydrogen-bond donors (Lipinski definition) is 1. The smallest absolute Gasteiger partial charge is 0.152 e. The minimum absolute atomic E-state index is 0.128. The van der Waals surface area contributed by atoms with E-state index in [-0.39, 0.29) is 11.7 Å². The molecular formula is C26H33FN4OS. The third kappa shape index (κ3) is 4.51. The molecule has 7 heteroatoms. The number of rotatable bonds is 4. The van der Waals surface area contributed by atoms with Crippen molar-refractivity contribution in [1.29, 1.82) is 0 Å². The van der Waals surface area contributed by atoms with E-state index in [1.807, 2.05) is 48.0 Å². The van der Waals surface area contributed by atoms with Gasteiger partial charge in [0.2, 0.25) is 0 Å². The fourth-order valence-electron chi connectivity index (χ4n) is 5.58. The highest BCUT2D eigenvalue weighted by atomic mass is 32.2. The van der Waals surface area contributed by atoms with E-state index < -0.39 is 10.8 Å². The summed E-state index contributed by atoms with van der Waals surface area (Å²) in [5, 5.41) is 3.50. The molecule has 2 fully saturated rings. The molecule has 5 rings (SSSR count). The molecule has 0 aliphatic carbocycles. The first-order valence-corrected chi connectivity index (χ1v) is 13.6. The quantitative estimate of drug-likeness (QED) is 0.615. The van der Waals surface area contributed by atoms with E-state index in [1.165, 1.54) is 19.3 Å². The van der Waals surface area contributed by atoms with E-state index in [0.29, 0.717) is 17.1 Å². The van der Waals surface area contributed by atoms with Gasteiger partial charge in [0, 0.05) is 40.6 Å². The molecule has 1 aromatic heterocycles. The number of fused-ring (bicyclic) bond motifs is 1. The summed E-state index contributed by atoms with van der Waals surface area (Å²) in [6.07, 6.45) is 7.42. The van der Waals surface area contributed by atoms with Crippen LogP contribution in [-0.4, -0.2) is 57.1 Å². The van der Waals surface area contributed by atoms with Crippen molar-refractivity contribution in [3.05, 3.63) is 47.8 Å². The minimum Gasteiger partial charge on any atom is -0.325 e. The maximum absolute atomic E-state index is 15.8. The molecule has 2 unspecified atom stereocenters. The molecule has 2 aliphatic heterocycles. The number of nitrogens with one attached hydrogen (secondary N) is 1. The van der Waals surface area contributed by atoms with Crippen LogP contribution < -0.4 is 5.32 Å². The Hall–Kier alpha value is -2.09. The molecule has 0 radical (unpaired) electrons. The Bertz CT molecular complexity index is 1140. The zero-order chi connectivity index (χ0) is 22.9. The number of likely N-dealkylation sites (tertiary alicyclic amines) is 1. The second-order valence-electron chi connectivity index (χ2n) is 9.45. The van der Waals surface area contributed by atoms with Gasteiger partial charge in [0.25, 0.3) is 0 Å². The van der Waals surface area contributed by atoms with Crippen LogP contribution in [0.25, 0.3) is 22.4 Å². The lowest BCUT2D eigenvalue weighted by molar-refractivity contribution is 0.140. The van der Waals surface area contributed by atoms with Crippen molar-refractivity contribution in [2.24, 2.45) is 7.05 Å². The van der Waals surface area contributed by atoms with E-state index in [4.69, 9.17) is 4.98 Å². The summed E-state index contributed by atoms with van der Waals surface area (Å²) < 4.78 is 29.4. The predicted molar refractivity (Wildman–Crippen MR) is 132 cm³/mol. The zero-order valence-electron chi connectivity index (χ0n) is 19.5. The summed E-state index contributed by atoms with van der Waals surface area (Å²) in [4.78, 5) is 8.13. The van der Waals surface area contributed by atoms with Gasteiger partial charge in [-0.25, -0.2) is 9.37 Å². The number of aryl methyl sites for hydroxylation is 1. The van der Waals surface area contributed by atoms with Crippen LogP contribution in [0.15, 0.2) is 41.3 Å². The Morgan fingerprint density at radius 1 is 1.03 bits per heavy atom. The number of halogens is 1. The van der Waals surface area contributed by atoms with Gasteiger partial charge in [0.1, 0.15) is 11.3 Å². The molecule has 33 heavy (non-hydrogen) atoms. The molecule has 0 bridgehead atoms. The first-order chi connectivity index (χ1) is 16.0. The zero-order valence-corrected chi connectivity index (χ0v) is 20.3. The summed E-state index contributed by atoms with van der Waals surface area (Å²) in [6, 6.07) is 12.1. The Balaban J connectivity index is 1.37. The van der Waals surface area contributed by atoms with Crippen LogP contribution in [0, 0.1) is 5.82 Å². The minimum atomic E-state index is -1.02. The number of hydrogen-bond acceptors (Lipinski definition) is 4. The normalized spacial score (nSPS) is 21.8. The molecule has 5 nitrogen and oxygen atoms in total. The third-order valence-electron chi connectivity index (χ3n) is 7.48. The first-order valence-electron chi connectivity index (χ1n) is 12.1. The number of piperidine rings is 1. The average molecular weight is 469 g/mol. The van der Waals surface area contributed by atoms with Gasteiger partial charge in [0.05, 0.1) is 5.52 Å². The van der Waals surface area contributed by atoms with Crippen molar-refractivity contribution < 1.29 is 8.60 Å². The first kappa shape index (κ1) is 22.7. The van der Waals surface area contributed by atoms with Crippen molar-refractivity contribution in [3.8, 4) is 11.4 Å². The van der Waals surface area contributed by atoms with Crippen LogP contribution in [-0.2, 0) is 17.8 Å². The lowest BCUT2D eigenvalue weighted by atomic mass is 9.87. The molecule has 0 amide bonds. The van der Waals surface area contributed by atoms with Gasteiger partial charge in [-0.05, 0) is 88.0 Å². The van der Waals surface area contributed by atoms with Crippen molar-refractivity contribution in [2.75, 3.05) is 32.4 Å². The Morgan fingerprint density at radius 2 is 1.79 bits per heavy atom. The molecule has 2 aromatic carbocycles. The van der Waals surface area contributed by atoms with Crippen LogP contribution in [0.5, 0.6) is 0 Å². The van der Waals surface area contributed by atoms with E-state index >= 15 is 4.39 Å². The van der Waals surface area contributed by atoms with Gasteiger partial charge >= 0.3 is 0 Å². The molecule has 1 N–H and O–H groups in total. The predicted octanol–water partition coefficient (Wildman–Crippen LogP) is 4.44. The van der Waals surface area contributed by atoms with E-state index in [0.717, 1.165) is 60.9 Å². The van der Waals surface area contributed by atoms with Crippen molar-refractivity contribution in [3.63, 3.8) is 0 Å². The maximum atomic E-state index is 15.8. The number of benzene rings is 2. The lowest BCUT2D eigenvalue weighted by Gasteiger charge is -2.37. The summed E-state index contributed by atoms with van der Waals surface area (Å²) in [7, 11) is 0.858. The third-order valence-corrected chi connectivity index (χ3v) is 8.42. The second-order valence-corrected chi connectivity index (χ2v) is 10.8. The fourth-order valence-corrected chi connectivity index (χ4v) is 6.10. The van der Waals surface area contributed by atoms with E-state index in [1.54, 1.807) is 6.26 Å². The fraction of sp³-hybridized carbons (Fsp3) is 0.500. The molecular weight excluding hydrogens is 435 g/mol. The van der Waals surface area contributed by atoms with Crippen LogP contribution in [0.2, 0.25) is 0 Å². The summed E-state index contributed by atoms with van der Waals surface area (Å²) in [5.41, 5.74) is 2.98. The van der Waals surface area contributed by atoms with E-state index in [9.17, 15) is 4.21 Å². The highest BCUT2D eigenvalue weighted by Crippen LogP contribution is 2.35. The molecule has 3 heterocycles. The summed E-state index contributed by atoms with van der Waals surface area (Å²) in [6.45, 7) is 4.34. The van der Waals surface area contributed by atoms with Gasteiger partial charge in [-0.2, -0.15) is 0 Å². The molecule has 0 spiro atoms. The highest BCUT2D eigenvalue weighted by Gasteiger charge is 2.28. The van der Waals surface area contributed by atoms with Gasteiger partial charge < -0.3 is 14.8 Å². The molecule has 2 saturated heterocycles. The van der Waals surface area contributed by atoms with Crippen molar-refractivity contribution in [2.45, 2.75) is 49.0 Å². The van der Waals surface area contributed by atoms with Crippen LogP contribution in [0.1, 0.15) is 43.6 Å². The summed E-state index contributed by atoms with van der Waals surface area (Å²) in [5.74, 6) is 0.857. The largest absolute Gasteiger partial charge is 0.325 e. The van der Waals surface area contributed by atoms with Crippen molar-refractivity contribution >= 4 is 21.8 Å². The standard InChI is InChI=1S/C26H33FN4OS/c1-30-25-23(29-26(30)19-5-7-21(8-6-19)33(2)32)10-9-22(24(25)27)18-12-16-31(17-13-18)20-4-3-14-28-15-11-20/h5-10,18,20,28H,3-4,11-17H2,1-2H3. The van der Waals surface area contributed by atoms with Gasteiger partial charge in [0.15, 0.2) is 5.82 Å². The maximum Gasteiger partial charge on any atom is 0.152 e. The average Bonchev–Trinajstić information content (AvgIpc) is 2.99. The molecule has 176 valence electrons. The highest BCUT2D eigenvalue weighted by molar-refractivity contribution is 7.84. The number of imidazole rings is 1. The number of aromatic nitrogens is 2. The summed E-state index contributed by atoms with van der Waals surface area (Å²) >= 11 is 0. The molecule has 0 saturated carbocycles. The topological polar surface area (TPSA) is 50.2 Å². The number of nitrogens with zero attached hydrogens (tertiary/aromatic N) is 3. The second kappa shape index (κ2) is 9.65. The molecule has 2 atom stereocenters. The van der Waals surface area contributed by atoms with Gasteiger partial charge in [-0.3, -0.25) is 4.21 Å². The van der Waals surface area contributed by atoms with Crippen molar-refractivity contribution in [1.82, 2.24) is 19.8 Å². The van der Waals surface area contributed by atoms with E-state index in [2.05, 4.69) is 10.2 Å². The van der Waals surface area contributed by atoms with Crippen LogP contribution in [0.3, 0.4) is 0 Å². The Kier molecular flexibility index (Phi) is 6.63. The molecule has 2 aliphatic rings. The van der Waals surface area contributed by atoms with Gasteiger partial charge in [-0.15, -0.1) is 0 Å². The monoisotopic (exact) mass is 468 g/mol.